The van der Waals surface area contributed by atoms with E-state index in [4.69, 9.17) is 14.2 Å². The van der Waals surface area contributed by atoms with Crippen molar-refractivity contribution in [2.24, 2.45) is 5.92 Å². The van der Waals surface area contributed by atoms with E-state index in [1.54, 1.807) is 0 Å². The Morgan fingerprint density at radius 2 is 1.56 bits per heavy atom. The van der Waals surface area contributed by atoms with Crippen molar-refractivity contribution >= 4 is 12.1 Å². The monoisotopic (exact) mass is 437 g/mol. The van der Waals surface area contributed by atoms with Gasteiger partial charge >= 0.3 is 12.1 Å². The lowest BCUT2D eigenvalue weighted by molar-refractivity contribution is -0.185. The van der Waals surface area contributed by atoms with E-state index in [1.807, 2.05) is 36.4 Å². The minimum atomic E-state index is -1.05. The quantitative estimate of drug-likeness (QED) is 0.737. The minimum Gasteiger partial charge on any atom is -0.480 e. The number of benzene rings is 2. The molecule has 7 heteroatoms. The summed E-state index contributed by atoms with van der Waals surface area (Å²) < 4.78 is 17.0. The van der Waals surface area contributed by atoms with E-state index in [0.29, 0.717) is 38.9 Å². The molecule has 1 heterocycles. The highest BCUT2D eigenvalue weighted by Gasteiger charge is 2.44. The fourth-order valence-electron chi connectivity index (χ4n) is 5.35. The molecular formula is C25H27NO6. The molecule has 2 aliphatic carbocycles. The molecule has 1 atom stereocenters. The van der Waals surface area contributed by atoms with Crippen LogP contribution in [0, 0.1) is 5.92 Å². The minimum absolute atomic E-state index is 0.0670. The van der Waals surface area contributed by atoms with Crippen LogP contribution in [0.5, 0.6) is 0 Å². The maximum absolute atomic E-state index is 12.6. The fraction of sp³-hybridized carbons (Fsp3) is 0.440. The molecule has 1 saturated heterocycles. The summed E-state index contributed by atoms with van der Waals surface area (Å²) in [6.07, 6.45) is 1.79. The van der Waals surface area contributed by atoms with E-state index in [-0.39, 0.29) is 18.4 Å². The van der Waals surface area contributed by atoms with Gasteiger partial charge in [0.15, 0.2) is 5.79 Å². The molecule has 7 nitrogen and oxygen atoms in total. The van der Waals surface area contributed by atoms with Crippen LogP contribution in [0.4, 0.5) is 4.79 Å². The molecular weight excluding hydrogens is 410 g/mol. The Bertz CT molecular complexity index is 959. The van der Waals surface area contributed by atoms with Gasteiger partial charge < -0.3 is 24.6 Å². The summed E-state index contributed by atoms with van der Waals surface area (Å²) in [5.74, 6) is -1.87. The van der Waals surface area contributed by atoms with Gasteiger partial charge in [0.1, 0.15) is 12.6 Å². The molecule has 168 valence electrons. The summed E-state index contributed by atoms with van der Waals surface area (Å²) in [5.41, 5.74) is 4.52. The van der Waals surface area contributed by atoms with Crippen LogP contribution in [0.1, 0.15) is 42.7 Å². The second-order valence-electron chi connectivity index (χ2n) is 8.73. The summed E-state index contributed by atoms with van der Waals surface area (Å²) in [5, 5.41) is 12.3. The number of carbonyl (C=O) groups excluding carboxylic acids is 1. The number of ether oxygens (including phenoxy) is 3. The van der Waals surface area contributed by atoms with Crippen LogP contribution < -0.4 is 5.32 Å². The highest BCUT2D eigenvalue weighted by atomic mass is 16.7. The van der Waals surface area contributed by atoms with Gasteiger partial charge in [0.05, 0.1) is 13.2 Å². The molecule has 1 unspecified atom stereocenters. The zero-order chi connectivity index (χ0) is 22.1. The van der Waals surface area contributed by atoms with Gasteiger partial charge in [0, 0.05) is 18.8 Å². The molecule has 1 amide bonds. The molecule has 0 aromatic heterocycles. The average molecular weight is 437 g/mol. The number of hydrogen-bond acceptors (Lipinski definition) is 5. The standard InChI is InChI=1S/C25H27NO6/c27-23(28)22(16-9-11-25(12-10-16)31-13-14-32-25)26-24(29)30-15-21-19-7-3-1-5-17(19)18-6-2-4-8-20(18)21/h1-8,16,21-22H,9-15H2,(H,26,29)(H,27,28). The number of nitrogens with one attached hydrogen (secondary N) is 1. The summed E-state index contributed by atoms with van der Waals surface area (Å²) in [4.78, 5) is 24.5. The number of fused-ring (bicyclic) bond motifs is 3. The predicted molar refractivity (Wildman–Crippen MR) is 116 cm³/mol. The van der Waals surface area contributed by atoms with Crippen LogP contribution in [0.15, 0.2) is 48.5 Å². The number of rotatable bonds is 5. The van der Waals surface area contributed by atoms with Gasteiger partial charge in [-0.05, 0) is 41.0 Å². The van der Waals surface area contributed by atoms with Gasteiger partial charge in [-0.25, -0.2) is 9.59 Å². The number of alkyl carbamates (subject to hydrolysis) is 1. The lowest BCUT2D eigenvalue weighted by Gasteiger charge is -2.37. The lowest BCUT2D eigenvalue weighted by atomic mass is 9.80. The highest BCUT2D eigenvalue weighted by molar-refractivity contribution is 5.81. The molecule has 2 N–H and O–H groups in total. The van der Waals surface area contributed by atoms with E-state index >= 15 is 0 Å². The van der Waals surface area contributed by atoms with Crippen LogP contribution in [0.25, 0.3) is 11.1 Å². The smallest absolute Gasteiger partial charge is 0.407 e. The Labute approximate surface area is 186 Å². The molecule has 5 rings (SSSR count). The van der Waals surface area contributed by atoms with Gasteiger partial charge in [-0.1, -0.05) is 48.5 Å². The SMILES string of the molecule is O=C(NC(C(=O)O)C1CCC2(CC1)OCCO2)OCC1c2ccccc2-c2ccccc21. The molecule has 2 fully saturated rings. The van der Waals surface area contributed by atoms with E-state index in [9.17, 15) is 14.7 Å². The Morgan fingerprint density at radius 3 is 2.12 bits per heavy atom. The van der Waals surface area contributed by atoms with E-state index in [2.05, 4.69) is 17.4 Å². The summed E-state index contributed by atoms with van der Waals surface area (Å²) in [6.45, 7) is 1.30. The van der Waals surface area contributed by atoms with Crippen molar-refractivity contribution in [3.05, 3.63) is 59.7 Å². The molecule has 1 aliphatic heterocycles. The first-order valence-corrected chi connectivity index (χ1v) is 11.2. The summed E-state index contributed by atoms with van der Waals surface area (Å²) in [7, 11) is 0. The third-order valence-electron chi connectivity index (χ3n) is 6.96. The molecule has 2 aromatic rings. The topological polar surface area (TPSA) is 94.1 Å². The lowest BCUT2D eigenvalue weighted by Crippen LogP contribution is -2.49. The predicted octanol–water partition coefficient (Wildman–Crippen LogP) is 3.91. The molecule has 32 heavy (non-hydrogen) atoms. The van der Waals surface area contributed by atoms with Crippen molar-refractivity contribution in [3.8, 4) is 11.1 Å². The zero-order valence-electron chi connectivity index (χ0n) is 17.8. The Morgan fingerprint density at radius 1 is 1.00 bits per heavy atom. The van der Waals surface area contributed by atoms with Crippen molar-refractivity contribution in [1.82, 2.24) is 5.32 Å². The van der Waals surface area contributed by atoms with Crippen LogP contribution in [0.3, 0.4) is 0 Å². The molecule has 3 aliphatic rings. The van der Waals surface area contributed by atoms with Gasteiger partial charge in [-0.2, -0.15) is 0 Å². The van der Waals surface area contributed by atoms with Crippen LogP contribution in [-0.4, -0.2) is 48.8 Å². The summed E-state index contributed by atoms with van der Waals surface area (Å²) >= 11 is 0. The Hall–Kier alpha value is -2.90. The van der Waals surface area contributed by atoms with Gasteiger partial charge in [0.25, 0.3) is 0 Å². The van der Waals surface area contributed by atoms with E-state index in [1.165, 1.54) is 0 Å². The van der Waals surface area contributed by atoms with Crippen LogP contribution >= 0.6 is 0 Å². The molecule has 1 spiro atoms. The Kier molecular flexibility index (Phi) is 5.61. The number of amides is 1. The molecule has 2 aromatic carbocycles. The van der Waals surface area contributed by atoms with E-state index < -0.39 is 23.9 Å². The maximum atomic E-state index is 12.6. The molecule has 0 radical (unpaired) electrons. The van der Waals surface area contributed by atoms with Crippen molar-refractivity contribution in [2.45, 2.75) is 43.4 Å². The van der Waals surface area contributed by atoms with Crippen molar-refractivity contribution in [2.75, 3.05) is 19.8 Å². The van der Waals surface area contributed by atoms with Crippen molar-refractivity contribution < 1.29 is 28.9 Å². The zero-order valence-corrected chi connectivity index (χ0v) is 17.8. The number of carboxylic acids is 1. The van der Waals surface area contributed by atoms with Gasteiger partial charge in [0.2, 0.25) is 0 Å². The van der Waals surface area contributed by atoms with Crippen molar-refractivity contribution in [1.29, 1.82) is 0 Å². The fourth-order valence-corrected chi connectivity index (χ4v) is 5.35. The number of carboxylic acid groups (broad SMARTS) is 1. The van der Waals surface area contributed by atoms with Gasteiger partial charge in [-0.15, -0.1) is 0 Å². The number of carbonyl (C=O) groups is 2. The normalized spacial score (nSPS) is 20.5. The van der Waals surface area contributed by atoms with Gasteiger partial charge in [-0.3, -0.25) is 0 Å². The first-order chi connectivity index (χ1) is 15.6. The first-order valence-electron chi connectivity index (χ1n) is 11.2. The molecule has 1 saturated carbocycles. The summed E-state index contributed by atoms with van der Waals surface area (Å²) in [6, 6.07) is 15.2. The second-order valence-corrected chi connectivity index (χ2v) is 8.73. The largest absolute Gasteiger partial charge is 0.480 e. The molecule has 0 bridgehead atoms. The average Bonchev–Trinajstić information content (AvgIpc) is 3.39. The third-order valence-corrected chi connectivity index (χ3v) is 6.96. The van der Waals surface area contributed by atoms with Crippen molar-refractivity contribution in [3.63, 3.8) is 0 Å². The highest BCUT2D eigenvalue weighted by Crippen LogP contribution is 2.44. The first kappa shape index (κ1) is 21.0. The van der Waals surface area contributed by atoms with Crippen LogP contribution in [0.2, 0.25) is 0 Å². The maximum Gasteiger partial charge on any atom is 0.407 e. The third kappa shape index (κ3) is 3.87. The number of aliphatic carboxylic acids is 1. The Balaban J connectivity index is 1.22. The van der Waals surface area contributed by atoms with E-state index in [0.717, 1.165) is 22.3 Å². The second kappa shape index (κ2) is 8.56. The number of hydrogen-bond donors (Lipinski definition) is 2. The van der Waals surface area contributed by atoms with Crippen LogP contribution in [-0.2, 0) is 19.0 Å².